The summed E-state index contributed by atoms with van der Waals surface area (Å²) < 4.78 is 60.9. The molecular weight excluding hydrogens is 547 g/mol. The summed E-state index contributed by atoms with van der Waals surface area (Å²) in [4.78, 5) is 22.0. The average molecular weight is 571 g/mol. The molecule has 39 heavy (non-hydrogen) atoms. The fourth-order valence-corrected chi connectivity index (χ4v) is 4.25. The smallest absolute Gasteiger partial charge is 0.475 e. The maximum absolute atomic E-state index is 13.0. The van der Waals surface area contributed by atoms with E-state index in [0.29, 0.717) is 0 Å². The molecule has 0 aliphatic rings. The number of carbonyl (C=O) groups is 1. The molecule has 3 aromatic heterocycles. The van der Waals surface area contributed by atoms with Crippen LogP contribution in [0.5, 0.6) is 0 Å². The topological polar surface area (TPSA) is 132 Å². The summed E-state index contributed by atoms with van der Waals surface area (Å²) in [6, 6.07) is 10.2. The summed E-state index contributed by atoms with van der Waals surface area (Å²) in [7, 11) is 0. The van der Waals surface area contributed by atoms with Gasteiger partial charge in [-0.15, -0.1) is 11.3 Å². The predicted octanol–water partition coefficient (Wildman–Crippen LogP) is 4.52. The van der Waals surface area contributed by atoms with E-state index >= 15 is 0 Å². The largest absolute Gasteiger partial charge is 0.490 e. The highest BCUT2D eigenvalue weighted by atomic mass is 32.1. The van der Waals surface area contributed by atoms with Crippen LogP contribution in [0.15, 0.2) is 64.6 Å². The molecule has 0 bridgehead atoms. The number of nitrogens with one attached hydrogen (secondary N) is 1. The van der Waals surface area contributed by atoms with Crippen molar-refractivity contribution in [1.29, 1.82) is 0 Å². The molecule has 0 radical (unpaired) electrons. The number of carboxylic acid groups (broad SMARTS) is 1. The predicted molar refractivity (Wildman–Crippen MR) is 134 cm³/mol. The molecule has 208 valence electrons. The first-order valence-corrected chi connectivity index (χ1v) is 12.2. The zero-order chi connectivity index (χ0) is 28.7. The fourth-order valence-electron chi connectivity index (χ4n) is 3.37. The van der Waals surface area contributed by atoms with E-state index in [1.807, 2.05) is 47.6 Å². The number of aromatic nitrogens is 5. The minimum Gasteiger partial charge on any atom is -0.475 e. The van der Waals surface area contributed by atoms with Gasteiger partial charge in [-0.2, -0.15) is 32.1 Å². The minimum atomic E-state index is -5.08. The Morgan fingerprint density at radius 2 is 1.74 bits per heavy atom. The van der Waals surface area contributed by atoms with Crippen LogP contribution in [0.3, 0.4) is 0 Å². The van der Waals surface area contributed by atoms with Crippen LogP contribution in [0.25, 0.3) is 22.3 Å². The van der Waals surface area contributed by atoms with Gasteiger partial charge in [-0.05, 0) is 35.1 Å². The maximum atomic E-state index is 13.0. The quantitative estimate of drug-likeness (QED) is 0.267. The molecule has 1 aromatic carbocycles. The molecule has 9 nitrogen and oxygen atoms in total. The van der Waals surface area contributed by atoms with Gasteiger partial charge in [-0.1, -0.05) is 24.3 Å². The number of hydrogen-bond donors (Lipinski definition) is 3. The Labute approximate surface area is 222 Å². The number of aryl methyl sites for hydroxylation is 1. The second-order valence-corrected chi connectivity index (χ2v) is 9.04. The lowest BCUT2D eigenvalue weighted by Gasteiger charge is -2.06. The minimum absolute atomic E-state index is 0.175. The summed E-state index contributed by atoms with van der Waals surface area (Å²) in [6.45, 7) is 2.82. The van der Waals surface area contributed by atoms with Crippen LogP contribution in [0.2, 0.25) is 0 Å². The molecule has 4 N–H and O–H groups in total. The normalized spacial score (nSPS) is 11.2. The third-order valence-corrected chi connectivity index (χ3v) is 6.36. The van der Waals surface area contributed by atoms with Crippen LogP contribution in [0, 0.1) is 0 Å². The lowest BCUT2D eigenvalue weighted by molar-refractivity contribution is -0.192. The van der Waals surface area contributed by atoms with E-state index in [9.17, 15) is 26.7 Å². The van der Waals surface area contributed by atoms with Gasteiger partial charge in [-0.3, -0.25) is 9.25 Å². The Bertz CT molecular complexity index is 1500. The first-order valence-electron chi connectivity index (χ1n) is 11.3. The molecule has 0 amide bonds. The number of hydrogen-bond acceptors (Lipinski definition) is 6. The molecule has 0 aliphatic carbocycles. The Morgan fingerprint density at radius 1 is 1.13 bits per heavy atom. The van der Waals surface area contributed by atoms with Gasteiger partial charge in [0.15, 0.2) is 0 Å². The van der Waals surface area contributed by atoms with Gasteiger partial charge >= 0.3 is 17.8 Å². The van der Waals surface area contributed by atoms with E-state index in [-0.39, 0.29) is 30.9 Å². The SMILES string of the molecule is CCn1cc(-c2ccc(-c3csc(Cn4c(CC(CN)=C(F)F)n[nH]c4=O)c3)cc2)cn1.O=C(O)C(F)(F)F. The maximum Gasteiger partial charge on any atom is 0.490 e. The van der Waals surface area contributed by atoms with Crippen molar-refractivity contribution in [3.05, 3.63) is 80.9 Å². The average Bonchev–Trinajstić information content (AvgIpc) is 3.64. The third kappa shape index (κ3) is 7.70. The molecule has 0 saturated heterocycles. The van der Waals surface area contributed by atoms with Crippen LogP contribution in [0.4, 0.5) is 22.0 Å². The van der Waals surface area contributed by atoms with Gasteiger partial charge in [0.2, 0.25) is 0 Å². The second-order valence-electron chi connectivity index (χ2n) is 8.04. The number of alkyl halides is 3. The number of thiophene rings is 1. The Balaban J connectivity index is 0.000000532. The van der Waals surface area contributed by atoms with E-state index in [2.05, 4.69) is 27.4 Å². The van der Waals surface area contributed by atoms with Crippen molar-refractivity contribution in [3.63, 3.8) is 0 Å². The van der Waals surface area contributed by atoms with Gasteiger partial charge in [0.1, 0.15) is 5.82 Å². The summed E-state index contributed by atoms with van der Waals surface area (Å²) >= 11 is 1.50. The summed E-state index contributed by atoms with van der Waals surface area (Å²) in [5.41, 5.74) is 8.93. The standard InChI is InChI=1S/C22H22F2N6OS.C2HF3O2/c1-2-29-11-18(10-26-29)15-5-3-14(4-6-15)17-7-19(32-13-17)12-30-20(27-28-22(30)31)8-16(9-25)21(23)24;3-2(4,5)1(6)7/h3-7,10-11,13H,2,8-9,12,25H2,1H3,(H,28,31);(H,6,7). The second kappa shape index (κ2) is 12.6. The summed E-state index contributed by atoms with van der Waals surface area (Å²) in [6.07, 6.45) is -3.23. The number of carboxylic acids is 1. The molecule has 0 saturated carbocycles. The Kier molecular flexibility index (Phi) is 9.53. The van der Waals surface area contributed by atoms with Crippen molar-refractivity contribution in [2.75, 3.05) is 6.54 Å². The highest BCUT2D eigenvalue weighted by Crippen LogP contribution is 2.29. The van der Waals surface area contributed by atoms with Crippen molar-refractivity contribution in [3.8, 4) is 22.3 Å². The highest BCUT2D eigenvalue weighted by Gasteiger charge is 2.38. The van der Waals surface area contributed by atoms with E-state index in [4.69, 9.17) is 15.6 Å². The lowest BCUT2D eigenvalue weighted by atomic mass is 10.0. The molecule has 4 rings (SSSR count). The van der Waals surface area contributed by atoms with E-state index in [1.165, 1.54) is 15.9 Å². The molecule has 0 unspecified atom stereocenters. The highest BCUT2D eigenvalue weighted by molar-refractivity contribution is 7.10. The van der Waals surface area contributed by atoms with E-state index in [1.54, 1.807) is 0 Å². The monoisotopic (exact) mass is 570 g/mol. The van der Waals surface area contributed by atoms with Gasteiger partial charge in [0, 0.05) is 41.7 Å². The molecule has 0 atom stereocenters. The van der Waals surface area contributed by atoms with Gasteiger partial charge in [0.25, 0.3) is 6.08 Å². The number of H-pyrrole nitrogens is 1. The third-order valence-electron chi connectivity index (χ3n) is 5.44. The van der Waals surface area contributed by atoms with Crippen molar-refractivity contribution in [1.82, 2.24) is 24.5 Å². The molecule has 0 spiro atoms. The molecule has 0 aliphatic heterocycles. The molecule has 3 heterocycles. The lowest BCUT2D eigenvalue weighted by Crippen LogP contribution is -2.21. The fraction of sp³-hybridized carbons (Fsp3) is 0.250. The number of nitrogens with zero attached hydrogens (tertiary/aromatic N) is 4. The van der Waals surface area contributed by atoms with Crippen LogP contribution in [0.1, 0.15) is 17.6 Å². The van der Waals surface area contributed by atoms with Crippen molar-refractivity contribution >= 4 is 17.3 Å². The van der Waals surface area contributed by atoms with Gasteiger partial charge in [0.05, 0.1) is 12.7 Å². The number of aromatic amines is 1. The first kappa shape index (κ1) is 29.4. The Hall–Kier alpha value is -4.11. The first-order chi connectivity index (χ1) is 18.4. The van der Waals surface area contributed by atoms with Crippen LogP contribution in [-0.2, 0) is 24.3 Å². The molecule has 15 heteroatoms. The number of benzene rings is 1. The van der Waals surface area contributed by atoms with Crippen LogP contribution >= 0.6 is 11.3 Å². The molecular formula is C24H23F5N6O3S. The zero-order valence-corrected chi connectivity index (χ0v) is 21.2. The summed E-state index contributed by atoms with van der Waals surface area (Å²) in [5.74, 6) is -2.53. The molecule has 0 fully saturated rings. The number of aliphatic carboxylic acids is 1. The van der Waals surface area contributed by atoms with Crippen LogP contribution in [-0.4, -0.2) is 48.3 Å². The number of halogens is 5. The van der Waals surface area contributed by atoms with E-state index < -0.39 is 23.9 Å². The molecule has 4 aromatic rings. The zero-order valence-electron chi connectivity index (χ0n) is 20.4. The van der Waals surface area contributed by atoms with Crippen molar-refractivity contribution in [2.45, 2.75) is 32.6 Å². The van der Waals surface area contributed by atoms with Gasteiger partial charge in [-0.25, -0.2) is 14.7 Å². The number of nitrogens with two attached hydrogens (primary N) is 1. The van der Waals surface area contributed by atoms with E-state index in [0.717, 1.165) is 33.7 Å². The Morgan fingerprint density at radius 3 is 2.26 bits per heavy atom. The van der Waals surface area contributed by atoms with Crippen molar-refractivity contribution in [2.24, 2.45) is 5.73 Å². The number of rotatable bonds is 8. The van der Waals surface area contributed by atoms with Gasteiger partial charge < -0.3 is 10.8 Å². The summed E-state index contributed by atoms with van der Waals surface area (Å²) in [5, 5.41) is 19.7. The van der Waals surface area contributed by atoms with Crippen molar-refractivity contribution < 1.29 is 31.9 Å². The van der Waals surface area contributed by atoms with Crippen LogP contribution < -0.4 is 11.4 Å².